The van der Waals surface area contributed by atoms with Crippen LogP contribution in [0.5, 0.6) is 0 Å². The van der Waals surface area contributed by atoms with Gasteiger partial charge >= 0.3 is 5.97 Å². The molecular formula is C12H10N2O2. The quantitative estimate of drug-likeness (QED) is 0.487. The Kier molecular flexibility index (Phi) is 2.61. The van der Waals surface area contributed by atoms with Crippen LogP contribution >= 0.6 is 0 Å². The lowest BCUT2D eigenvalue weighted by atomic mass is 10.3. The molecule has 0 fully saturated rings. The molecule has 0 aromatic carbocycles. The molecule has 0 radical (unpaired) electrons. The second-order valence-electron chi connectivity index (χ2n) is 3.25. The predicted octanol–water partition coefficient (Wildman–Crippen LogP) is 1.10. The summed E-state index contributed by atoms with van der Waals surface area (Å²) >= 11 is 0. The fourth-order valence-corrected chi connectivity index (χ4v) is 1.45. The number of pyridine rings is 1. The molecule has 0 saturated heterocycles. The van der Waals surface area contributed by atoms with Gasteiger partial charge in [-0.3, -0.25) is 0 Å². The SMILES string of the molecule is COC(=O)C#Cc1cc2cccnc2n1C. The first kappa shape index (κ1) is 10.2. The van der Waals surface area contributed by atoms with Crippen LogP contribution in [-0.4, -0.2) is 22.6 Å². The lowest BCUT2D eigenvalue weighted by molar-refractivity contribution is -0.133. The van der Waals surface area contributed by atoms with Gasteiger partial charge in [0, 0.05) is 24.6 Å². The number of rotatable bonds is 0. The number of hydrogen-bond acceptors (Lipinski definition) is 3. The smallest absolute Gasteiger partial charge is 0.384 e. The van der Waals surface area contributed by atoms with Gasteiger partial charge < -0.3 is 9.30 Å². The molecule has 0 unspecified atom stereocenters. The third kappa shape index (κ3) is 1.75. The van der Waals surface area contributed by atoms with E-state index in [2.05, 4.69) is 21.6 Å². The first-order valence-electron chi connectivity index (χ1n) is 4.73. The summed E-state index contributed by atoms with van der Waals surface area (Å²) < 4.78 is 6.29. The number of carbonyl (C=O) groups excluding carboxylic acids is 1. The molecule has 0 saturated carbocycles. The molecule has 2 heterocycles. The Labute approximate surface area is 92.9 Å². The van der Waals surface area contributed by atoms with Crippen LogP contribution in [0, 0.1) is 11.8 Å². The molecular weight excluding hydrogens is 204 g/mol. The van der Waals surface area contributed by atoms with Crippen molar-refractivity contribution in [2.45, 2.75) is 0 Å². The number of esters is 1. The first-order valence-corrected chi connectivity index (χ1v) is 4.73. The third-order valence-corrected chi connectivity index (χ3v) is 2.27. The van der Waals surface area contributed by atoms with Crippen molar-refractivity contribution in [1.82, 2.24) is 9.55 Å². The van der Waals surface area contributed by atoms with Gasteiger partial charge in [-0.15, -0.1) is 0 Å². The molecule has 80 valence electrons. The van der Waals surface area contributed by atoms with Crippen LogP contribution < -0.4 is 0 Å². The monoisotopic (exact) mass is 214 g/mol. The van der Waals surface area contributed by atoms with Crippen LogP contribution in [0.1, 0.15) is 5.69 Å². The normalized spacial score (nSPS) is 9.62. The van der Waals surface area contributed by atoms with Crippen molar-refractivity contribution >= 4 is 17.0 Å². The second-order valence-corrected chi connectivity index (χ2v) is 3.25. The fraction of sp³-hybridized carbons (Fsp3) is 0.167. The second kappa shape index (κ2) is 4.07. The maximum Gasteiger partial charge on any atom is 0.384 e. The van der Waals surface area contributed by atoms with Crippen LogP contribution in [-0.2, 0) is 16.6 Å². The molecule has 4 heteroatoms. The van der Waals surface area contributed by atoms with E-state index >= 15 is 0 Å². The summed E-state index contributed by atoms with van der Waals surface area (Å²) in [5.41, 5.74) is 1.58. The van der Waals surface area contributed by atoms with Gasteiger partial charge in [0.15, 0.2) is 0 Å². The van der Waals surface area contributed by atoms with Gasteiger partial charge in [0.05, 0.1) is 12.8 Å². The number of aromatic nitrogens is 2. The zero-order valence-corrected chi connectivity index (χ0v) is 9.02. The summed E-state index contributed by atoms with van der Waals surface area (Å²) in [5.74, 6) is 4.60. The average Bonchev–Trinajstić information content (AvgIpc) is 2.64. The maximum atomic E-state index is 10.9. The van der Waals surface area contributed by atoms with Gasteiger partial charge in [-0.2, -0.15) is 0 Å². The average molecular weight is 214 g/mol. The summed E-state index contributed by atoms with van der Waals surface area (Å²) in [5, 5.41) is 0.999. The number of aryl methyl sites for hydroxylation is 1. The Morgan fingerprint density at radius 2 is 2.38 bits per heavy atom. The summed E-state index contributed by atoms with van der Waals surface area (Å²) in [6.07, 6.45) is 1.72. The number of fused-ring (bicyclic) bond motifs is 1. The van der Waals surface area contributed by atoms with Crippen LogP contribution in [0.4, 0.5) is 0 Å². The number of carbonyl (C=O) groups is 1. The van der Waals surface area contributed by atoms with Crippen LogP contribution in [0.3, 0.4) is 0 Å². The highest BCUT2D eigenvalue weighted by Gasteiger charge is 2.03. The van der Waals surface area contributed by atoms with E-state index in [0.29, 0.717) is 0 Å². The number of nitrogens with zero attached hydrogens (tertiary/aromatic N) is 2. The number of hydrogen-bond donors (Lipinski definition) is 0. The Morgan fingerprint density at radius 3 is 3.06 bits per heavy atom. The van der Waals surface area contributed by atoms with Gasteiger partial charge in [0.25, 0.3) is 0 Å². The van der Waals surface area contributed by atoms with E-state index in [-0.39, 0.29) is 0 Å². The van der Waals surface area contributed by atoms with Crippen molar-refractivity contribution in [3.05, 3.63) is 30.1 Å². The maximum absolute atomic E-state index is 10.9. The molecule has 2 rings (SSSR count). The molecule has 0 atom stereocenters. The van der Waals surface area contributed by atoms with Gasteiger partial charge in [0.1, 0.15) is 5.65 Å². The van der Waals surface area contributed by atoms with Gasteiger partial charge in [-0.05, 0) is 24.1 Å². The highest BCUT2D eigenvalue weighted by atomic mass is 16.5. The predicted molar refractivity (Wildman–Crippen MR) is 59.6 cm³/mol. The molecule has 16 heavy (non-hydrogen) atoms. The molecule has 2 aromatic heterocycles. The van der Waals surface area contributed by atoms with Crippen molar-refractivity contribution in [2.24, 2.45) is 7.05 Å². The van der Waals surface area contributed by atoms with Crippen molar-refractivity contribution in [3.63, 3.8) is 0 Å². The van der Waals surface area contributed by atoms with Crippen molar-refractivity contribution in [3.8, 4) is 11.8 Å². The van der Waals surface area contributed by atoms with Gasteiger partial charge in [-0.1, -0.05) is 0 Å². The first-order chi connectivity index (χ1) is 7.72. The van der Waals surface area contributed by atoms with Crippen LogP contribution in [0.15, 0.2) is 24.4 Å². The van der Waals surface area contributed by atoms with E-state index < -0.39 is 5.97 Å². The van der Waals surface area contributed by atoms with E-state index in [9.17, 15) is 4.79 Å². The zero-order chi connectivity index (χ0) is 11.5. The summed E-state index contributed by atoms with van der Waals surface area (Å²) in [6.45, 7) is 0. The Hall–Kier alpha value is -2.28. The number of ether oxygens (including phenoxy) is 1. The molecule has 0 aliphatic rings. The summed E-state index contributed by atoms with van der Waals surface area (Å²) in [7, 11) is 3.16. The standard InChI is InChI=1S/C12H10N2O2/c1-14-10(5-6-11(15)16-2)8-9-4-3-7-13-12(9)14/h3-4,7-8H,1-2H3. The molecule has 0 aliphatic carbocycles. The minimum absolute atomic E-state index is 0.543. The van der Waals surface area contributed by atoms with Gasteiger partial charge in [0.2, 0.25) is 0 Å². The van der Waals surface area contributed by atoms with Crippen LogP contribution in [0.2, 0.25) is 0 Å². The molecule has 0 N–H and O–H groups in total. The van der Waals surface area contributed by atoms with Crippen molar-refractivity contribution < 1.29 is 9.53 Å². The lowest BCUT2D eigenvalue weighted by Crippen LogP contribution is -1.96. The van der Waals surface area contributed by atoms with E-state index in [4.69, 9.17) is 0 Å². The minimum atomic E-state index is -0.543. The third-order valence-electron chi connectivity index (χ3n) is 2.27. The zero-order valence-electron chi connectivity index (χ0n) is 9.02. The lowest BCUT2D eigenvalue weighted by Gasteiger charge is -1.95. The molecule has 0 bridgehead atoms. The topological polar surface area (TPSA) is 44.1 Å². The molecule has 4 nitrogen and oxygen atoms in total. The van der Waals surface area contributed by atoms with Crippen molar-refractivity contribution in [2.75, 3.05) is 7.11 Å². The van der Waals surface area contributed by atoms with E-state index in [0.717, 1.165) is 16.7 Å². The van der Waals surface area contributed by atoms with E-state index in [1.54, 1.807) is 6.20 Å². The fourth-order valence-electron chi connectivity index (χ4n) is 1.45. The van der Waals surface area contributed by atoms with Crippen LogP contribution in [0.25, 0.3) is 11.0 Å². The Morgan fingerprint density at radius 1 is 1.56 bits per heavy atom. The van der Waals surface area contributed by atoms with Gasteiger partial charge in [-0.25, -0.2) is 9.78 Å². The highest BCUT2D eigenvalue weighted by Crippen LogP contribution is 2.14. The molecule has 0 aliphatic heterocycles. The molecule has 2 aromatic rings. The summed E-state index contributed by atoms with van der Waals surface area (Å²) in [6, 6.07) is 5.70. The highest BCUT2D eigenvalue weighted by molar-refractivity contribution is 5.89. The van der Waals surface area contributed by atoms with E-state index in [1.807, 2.05) is 29.8 Å². The number of methoxy groups -OCH3 is 1. The van der Waals surface area contributed by atoms with Crippen molar-refractivity contribution in [1.29, 1.82) is 0 Å². The van der Waals surface area contributed by atoms with E-state index in [1.165, 1.54) is 7.11 Å². The largest absolute Gasteiger partial charge is 0.459 e. The molecule has 0 spiro atoms. The Balaban J connectivity index is 2.49. The minimum Gasteiger partial charge on any atom is -0.459 e. The Bertz CT molecular complexity index is 602. The molecule has 0 amide bonds. The summed E-state index contributed by atoms with van der Waals surface area (Å²) in [4.78, 5) is 15.1.